The lowest BCUT2D eigenvalue weighted by Gasteiger charge is -2.18. The summed E-state index contributed by atoms with van der Waals surface area (Å²) in [6.45, 7) is 4.61. The maximum atomic E-state index is 13.2. The van der Waals surface area contributed by atoms with Crippen molar-refractivity contribution in [2.75, 3.05) is 6.61 Å². The number of hydrogen-bond donors (Lipinski definition) is 2. The number of benzene rings is 4. The van der Waals surface area contributed by atoms with Crippen molar-refractivity contribution >= 4 is 27.8 Å². The van der Waals surface area contributed by atoms with E-state index in [1.807, 2.05) is 78.9 Å². The highest BCUT2D eigenvalue weighted by Gasteiger charge is 2.23. The largest absolute Gasteiger partial charge is 0.492 e. The molecule has 0 fully saturated rings. The SMILES string of the molecule is CCC(C)COc1ccc(Br)cc1C(=O)NC(Cc1ccc(-c2ccccc2Oc2ccccc2)cc1)C(=O)O. The van der Waals surface area contributed by atoms with Crippen molar-refractivity contribution in [2.45, 2.75) is 32.7 Å². The van der Waals surface area contributed by atoms with Crippen LogP contribution >= 0.6 is 15.9 Å². The van der Waals surface area contributed by atoms with E-state index in [0.29, 0.717) is 22.7 Å². The van der Waals surface area contributed by atoms with Gasteiger partial charge in [0, 0.05) is 16.5 Å². The quantitative estimate of drug-likeness (QED) is 0.173. The lowest BCUT2D eigenvalue weighted by atomic mass is 9.99. The summed E-state index contributed by atoms with van der Waals surface area (Å²) in [7, 11) is 0. The zero-order valence-corrected chi connectivity index (χ0v) is 24.1. The summed E-state index contributed by atoms with van der Waals surface area (Å²) in [5, 5.41) is 12.6. The molecular weight excluding hydrogens is 570 g/mol. The van der Waals surface area contributed by atoms with E-state index < -0.39 is 17.9 Å². The molecule has 0 saturated heterocycles. The standard InChI is InChI=1S/C33H32BrNO5/c1-3-22(2)21-39-30-18-17-25(34)20-28(30)32(36)35-29(33(37)38)19-23-13-15-24(16-14-23)27-11-7-8-12-31(27)40-26-9-5-4-6-10-26/h4-18,20,22,29H,3,19,21H2,1-2H3,(H,35,36)(H,37,38). The lowest BCUT2D eigenvalue weighted by molar-refractivity contribution is -0.139. The van der Waals surface area contributed by atoms with Crippen molar-refractivity contribution in [3.63, 3.8) is 0 Å². The van der Waals surface area contributed by atoms with Crippen LogP contribution in [0.15, 0.2) is 102 Å². The van der Waals surface area contributed by atoms with Crippen LogP contribution in [-0.4, -0.2) is 29.6 Å². The fraction of sp³-hybridized carbons (Fsp3) is 0.212. The lowest BCUT2D eigenvalue weighted by Crippen LogP contribution is -2.42. The van der Waals surface area contributed by atoms with Crippen LogP contribution in [0.3, 0.4) is 0 Å². The molecule has 0 aliphatic heterocycles. The van der Waals surface area contributed by atoms with Gasteiger partial charge >= 0.3 is 5.97 Å². The number of aliphatic carboxylic acids is 1. The second-order valence-corrected chi connectivity index (χ2v) is 10.6. The minimum absolute atomic E-state index is 0.126. The highest BCUT2D eigenvalue weighted by molar-refractivity contribution is 9.10. The molecule has 2 unspecified atom stereocenters. The van der Waals surface area contributed by atoms with Crippen molar-refractivity contribution in [3.8, 4) is 28.4 Å². The fourth-order valence-electron chi connectivity index (χ4n) is 4.06. The zero-order valence-electron chi connectivity index (χ0n) is 22.5. The topological polar surface area (TPSA) is 84.9 Å². The molecule has 0 aliphatic carbocycles. The summed E-state index contributed by atoms with van der Waals surface area (Å²) < 4.78 is 12.7. The maximum absolute atomic E-state index is 13.2. The first-order valence-corrected chi connectivity index (χ1v) is 14.0. The van der Waals surface area contributed by atoms with E-state index in [2.05, 4.69) is 35.1 Å². The van der Waals surface area contributed by atoms with Crippen LogP contribution in [0.2, 0.25) is 0 Å². The second kappa shape index (κ2) is 13.8. The van der Waals surface area contributed by atoms with Gasteiger partial charge in [0.15, 0.2) is 0 Å². The molecule has 0 heterocycles. The summed E-state index contributed by atoms with van der Waals surface area (Å²) >= 11 is 3.40. The molecule has 0 bridgehead atoms. The van der Waals surface area contributed by atoms with Gasteiger partial charge in [0.2, 0.25) is 0 Å². The Morgan fingerprint density at radius 2 is 1.60 bits per heavy atom. The Balaban J connectivity index is 1.48. The number of rotatable bonds is 12. The number of carboxylic acid groups (broad SMARTS) is 1. The monoisotopic (exact) mass is 601 g/mol. The fourth-order valence-corrected chi connectivity index (χ4v) is 4.42. The molecule has 4 aromatic rings. The number of carbonyl (C=O) groups excluding carboxylic acids is 1. The first-order valence-electron chi connectivity index (χ1n) is 13.2. The van der Waals surface area contributed by atoms with Gasteiger partial charge in [-0.25, -0.2) is 4.79 Å². The minimum Gasteiger partial charge on any atom is -0.492 e. The Morgan fingerprint density at radius 3 is 2.30 bits per heavy atom. The van der Waals surface area contributed by atoms with Crippen molar-refractivity contribution in [3.05, 3.63) is 113 Å². The molecule has 0 radical (unpaired) electrons. The van der Waals surface area contributed by atoms with Crippen LogP contribution in [0.4, 0.5) is 0 Å². The van der Waals surface area contributed by atoms with E-state index >= 15 is 0 Å². The maximum Gasteiger partial charge on any atom is 0.326 e. The first-order chi connectivity index (χ1) is 19.3. The summed E-state index contributed by atoms with van der Waals surface area (Å²) in [5.74, 6) is 0.590. The molecule has 0 saturated carbocycles. The van der Waals surface area contributed by atoms with Gasteiger partial charge in [0.05, 0.1) is 12.2 Å². The highest BCUT2D eigenvalue weighted by atomic mass is 79.9. The number of carboxylic acids is 1. The van der Waals surface area contributed by atoms with Gasteiger partial charge in [-0.3, -0.25) is 4.79 Å². The molecule has 0 spiro atoms. The number of hydrogen-bond acceptors (Lipinski definition) is 4. The van der Waals surface area contributed by atoms with E-state index in [1.165, 1.54) is 0 Å². The van der Waals surface area contributed by atoms with Gasteiger partial charge in [0.1, 0.15) is 23.3 Å². The summed E-state index contributed by atoms with van der Waals surface area (Å²) in [4.78, 5) is 25.3. The molecule has 7 heteroatoms. The molecule has 2 atom stereocenters. The van der Waals surface area contributed by atoms with E-state index in [-0.39, 0.29) is 12.0 Å². The molecule has 4 rings (SSSR count). The van der Waals surface area contributed by atoms with Crippen molar-refractivity contribution in [2.24, 2.45) is 5.92 Å². The van der Waals surface area contributed by atoms with Crippen LogP contribution < -0.4 is 14.8 Å². The molecular formula is C33H32BrNO5. The molecule has 0 aliphatic rings. The van der Waals surface area contributed by atoms with Crippen molar-refractivity contribution < 1.29 is 24.2 Å². The highest BCUT2D eigenvalue weighted by Crippen LogP contribution is 2.33. The molecule has 6 nitrogen and oxygen atoms in total. The number of amides is 1. The molecule has 206 valence electrons. The third-order valence-electron chi connectivity index (χ3n) is 6.57. The number of carbonyl (C=O) groups is 2. The molecule has 2 N–H and O–H groups in total. The van der Waals surface area contributed by atoms with Gasteiger partial charge in [0.25, 0.3) is 5.91 Å². The normalized spacial score (nSPS) is 12.3. The van der Waals surface area contributed by atoms with Gasteiger partial charge in [-0.1, -0.05) is 96.9 Å². The number of halogens is 1. The van der Waals surface area contributed by atoms with Gasteiger partial charge in [-0.15, -0.1) is 0 Å². The minimum atomic E-state index is -1.12. The average molecular weight is 603 g/mol. The predicted octanol–water partition coefficient (Wildman–Crippen LogP) is 7.76. The number of ether oxygens (including phenoxy) is 2. The second-order valence-electron chi connectivity index (χ2n) is 9.64. The van der Waals surface area contributed by atoms with E-state index in [0.717, 1.165) is 34.6 Å². The molecule has 40 heavy (non-hydrogen) atoms. The summed E-state index contributed by atoms with van der Waals surface area (Å²) in [6.07, 6.45) is 1.07. The van der Waals surface area contributed by atoms with E-state index in [9.17, 15) is 14.7 Å². The molecule has 0 aromatic heterocycles. The molecule has 1 amide bonds. The average Bonchev–Trinajstić information content (AvgIpc) is 2.97. The Kier molecular flexibility index (Phi) is 9.97. The third kappa shape index (κ3) is 7.73. The first kappa shape index (κ1) is 28.9. The predicted molar refractivity (Wildman–Crippen MR) is 160 cm³/mol. The Bertz CT molecular complexity index is 1440. The summed E-state index contributed by atoms with van der Waals surface area (Å²) in [5.41, 5.74) is 2.92. The third-order valence-corrected chi connectivity index (χ3v) is 7.07. The van der Waals surface area contributed by atoms with Gasteiger partial charge in [-0.05, 0) is 53.4 Å². The van der Waals surface area contributed by atoms with Crippen LogP contribution in [0.5, 0.6) is 17.2 Å². The van der Waals surface area contributed by atoms with Crippen LogP contribution in [-0.2, 0) is 11.2 Å². The van der Waals surface area contributed by atoms with Crippen LogP contribution in [0, 0.1) is 5.92 Å². The van der Waals surface area contributed by atoms with Gasteiger partial charge in [-0.2, -0.15) is 0 Å². The number of para-hydroxylation sites is 2. The van der Waals surface area contributed by atoms with Crippen molar-refractivity contribution in [1.29, 1.82) is 0 Å². The Labute approximate surface area is 243 Å². The van der Waals surface area contributed by atoms with E-state index in [4.69, 9.17) is 9.47 Å². The van der Waals surface area contributed by atoms with Crippen molar-refractivity contribution in [1.82, 2.24) is 5.32 Å². The number of nitrogens with one attached hydrogen (secondary N) is 1. The van der Waals surface area contributed by atoms with Crippen LogP contribution in [0.1, 0.15) is 36.2 Å². The smallest absolute Gasteiger partial charge is 0.326 e. The Hall–Kier alpha value is -4.10. The molecule has 4 aromatic carbocycles. The van der Waals surface area contributed by atoms with Crippen LogP contribution in [0.25, 0.3) is 11.1 Å². The Morgan fingerprint density at radius 1 is 0.900 bits per heavy atom. The van der Waals surface area contributed by atoms with Gasteiger partial charge < -0.3 is 19.9 Å². The zero-order chi connectivity index (χ0) is 28.5. The van der Waals surface area contributed by atoms with E-state index in [1.54, 1.807) is 18.2 Å². The summed E-state index contributed by atoms with van der Waals surface area (Å²) in [6, 6.07) is 29.0.